The number of nitro benzene ring substituents is 1. The minimum atomic E-state index is -0.462. The van der Waals surface area contributed by atoms with Crippen LogP contribution in [-0.4, -0.2) is 12.0 Å². The van der Waals surface area contributed by atoms with Crippen molar-refractivity contribution in [2.24, 2.45) is 0 Å². The van der Waals surface area contributed by atoms with Gasteiger partial charge < -0.3 is 10.1 Å². The number of nitro groups is 1. The molecule has 0 spiro atoms. The number of nitrogens with one attached hydrogen (secondary N) is 1. The molecule has 0 heterocycles. The van der Waals surface area contributed by atoms with Crippen LogP contribution in [0.5, 0.6) is 11.5 Å². The fourth-order valence-corrected chi connectivity index (χ4v) is 2.49. The van der Waals surface area contributed by atoms with Crippen LogP contribution in [0.3, 0.4) is 0 Å². The van der Waals surface area contributed by atoms with E-state index in [1.54, 1.807) is 18.2 Å². The summed E-state index contributed by atoms with van der Waals surface area (Å²) in [5, 5.41) is 14.2. The first kappa shape index (κ1) is 15.9. The van der Waals surface area contributed by atoms with E-state index >= 15 is 0 Å². The van der Waals surface area contributed by atoms with Crippen molar-refractivity contribution in [3.8, 4) is 11.5 Å². The molecule has 0 unspecified atom stereocenters. The van der Waals surface area contributed by atoms with Crippen molar-refractivity contribution >= 4 is 37.5 Å². The second kappa shape index (κ2) is 7.02. The molecule has 0 aliphatic heterocycles. The standard InChI is InChI=1S/C14H12Br2N2O3/c1-17-8-9-2-3-11(16)7-14(9)21-13-5-4-10(15)6-12(13)18(19)20/h2-7,17H,8H2,1H3. The normalized spacial score (nSPS) is 10.4. The summed E-state index contributed by atoms with van der Waals surface area (Å²) in [5.41, 5.74) is 0.831. The van der Waals surface area contributed by atoms with Crippen LogP contribution < -0.4 is 10.1 Å². The van der Waals surface area contributed by atoms with Gasteiger partial charge in [-0.3, -0.25) is 10.1 Å². The third-order valence-corrected chi connectivity index (χ3v) is 3.72. The molecule has 0 aromatic heterocycles. The number of halogens is 2. The van der Waals surface area contributed by atoms with Crippen LogP contribution in [0.1, 0.15) is 5.56 Å². The van der Waals surface area contributed by atoms with E-state index in [1.165, 1.54) is 6.07 Å². The summed E-state index contributed by atoms with van der Waals surface area (Å²) < 4.78 is 7.23. The largest absolute Gasteiger partial charge is 0.450 e. The van der Waals surface area contributed by atoms with Gasteiger partial charge in [0.2, 0.25) is 5.75 Å². The number of rotatable bonds is 5. The SMILES string of the molecule is CNCc1ccc(Br)cc1Oc1ccc(Br)cc1[N+](=O)[O-]. The first-order chi connectivity index (χ1) is 10.0. The number of hydrogen-bond donors (Lipinski definition) is 1. The van der Waals surface area contributed by atoms with Crippen LogP contribution in [-0.2, 0) is 6.54 Å². The zero-order valence-corrected chi connectivity index (χ0v) is 14.3. The summed E-state index contributed by atoms with van der Waals surface area (Å²) in [6.07, 6.45) is 0. The topological polar surface area (TPSA) is 64.4 Å². The quantitative estimate of drug-likeness (QED) is 0.571. The fraction of sp³-hybridized carbons (Fsp3) is 0.143. The van der Waals surface area contributed by atoms with E-state index < -0.39 is 4.92 Å². The summed E-state index contributed by atoms with van der Waals surface area (Å²) in [6.45, 7) is 0.604. The Morgan fingerprint density at radius 2 is 1.81 bits per heavy atom. The summed E-state index contributed by atoms with van der Waals surface area (Å²) in [7, 11) is 1.83. The van der Waals surface area contributed by atoms with E-state index in [1.807, 2.05) is 19.2 Å². The highest BCUT2D eigenvalue weighted by Gasteiger charge is 2.17. The maximum Gasteiger partial charge on any atom is 0.312 e. The van der Waals surface area contributed by atoms with Gasteiger partial charge >= 0.3 is 5.69 Å². The van der Waals surface area contributed by atoms with Crippen LogP contribution in [0.4, 0.5) is 5.69 Å². The second-order valence-corrected chi connectivity index (χ2v) is 6.08. The van der Waals surface area contributed by atoms with Crippen LogP contribution in [0.15, 0.2) is 45.3 Å². The highest BCUT2D eigenvalue weighted by Crippen LogP contribution is 2.36. The highest BCUT2D eigenvalue weighted by molar-refractivity contribution is 9.10. The third-order valence-electron chi connectivity index (χ3n) is 2.73. The van der Waals surface area contributed by atoms with Gasteiger partial charge in [-0.15, -0.1) is 0 Å². The highest BCUT2D eigenvalue weighted by atomic mass is 79.9. The van der Waals surface area contributed by atoms with Crippen molar-refractivity contribution in [2.75, 3.05) is 7.05 Å². The number of nitrogens with zero attached hydrogens (tertiary/aromatic N) is 1. The predicted molar refractivity (Wildman–Crippen MR) is 87.8 cm³/mol. The number of ether oxygens (including phenoxy) is 1. The second-order valence-electron chi connectivity index (χ2n) is 4.25. The van der Waals surface area contributed by atoms with E-state index in [2.05, 4.69) is 37.2 Å². The van der Waals surface area contributed by atoms with Crippen molar-refractivity contribution in [3.63, 3.8) is 0 Å². The molecule has 0 bridgehead atoms. The lowest BCUT2D eigenvalue weighted by Crippen LogP contribution is -2.06. The lowest BCUT2D eigenvalue weighted by Gasteiger charge is -2.12. The lowest BCUT2D eigenvalue weighted by molar-refractivity contribution is -0.385. The molecular weight excluding hydrogens is 404 g/mol. The molecule has 2 aromatic carbocycles. The average molecular weight is 416 g/mol. The van der Waals surface area contributed by atoms with Crippen molar-refractivity contribution in [3.05, 3.63) is 61.0 Å². The predicted octanol–water partition coefficient (Wildman–Crippen LogP) is 4.63. The van der Waals surface area contributed by atoms with E-state index in [4.69, 9.17) is 4.74 Å². The van der Waals surface area contributed by atoms with Gasteiger partial charge in [0.05, 0.1) is 4.92 Å². The van der Waals surface area contributed by atoms with E-state index in [-0.39, 0.29) is 11.4 Å². The van der Waals surface area contributed by atoms with Crippen molar-refractivity contribution < 1.29 is 9.66 Å². The Morgan fingerprint density at radius 1 is 1.14 bits per heavy atom. The van der Waals surface area contributed by atoms with E-state index in [9.17, 15) is 10.1 Å². The molecule has 0 radical (unpaired) electrons. The third kappa shape index (κ3) is 4.03. The minimum absolute atomic E-state index is 0.0836. The molecule has 5 nitrogen and oxygen atoms in total. The first-order valence-corrected chi connectivity index (χ1v) is 7.64. The molecule has 0 aliphatic rings. The maximum absolute atomic E-state index is 11.1. The Morgan fingerprint density at radius 3 is 2.48 bits per heavy atom. The van der Waals surface area contributed by atoms with E-state index in [0.717, 1.165) is 10.0 Å². The summed E-state index contributed by atoms with van der Waals surface area (Å²) >= 11 is 6.60. The number of benzene rings is 2. The van der Waals surface area contributed by atoms with Crippen molar-refractivity contribution in [1.29, 1.82) is 0 Å². The lowest BCUT2D eigenvalue weighted by atomic mass is 10.2. The Hall–Kier alpha value is -1.44. The molecule has 0 fully saturated rings. The molecule has 21 heavy (non-hydrogen) atoms. The first-order valence-electron chi connectivity index (χ1n) is 6.06. The van der Waals surface area contributed by atoms with Crippen LogP contribution in [0.2, 0.25) is 0 Å². The Balaban J connectivity index is 2.42. The Kier molecular flexibility index (Phi) is 5.33. The van der Waals surface area contributed by atoms with Gasteiger partial charge in [0, 0.05) is 27.1 Å². The van der Waals surface area contributed by atoms with Gasteiger partial charge in [0.25, 0.3) is 0 Å². The fourth-order valence-electron chi connectivity index (χ4n) is 1.80. The molecule has 2 rings (SSSR count). The average Bonchev–Trinajstić information content (AvgIpc) is 2.43. The monoisotopic (exact) mass is 414 g/mol. The van der Waals surface area contributed by atoms with Gasteiger partial charge in [-0.05, 0) is 31.3 Å². The Bertz CT molecular complexity index is 677. The van der Waals surface area contributed by atoms with Gasteiger partial charge in [0.15, 0.2) is 0 Å². The molecular formula is C14H12Br2N2O3. The van der Waals surface area contributed by atoms with Crippen LogP contribution >= 0.6 is 31.9 Å². The molecule has 7 heteroatoms. The molecule has 0 saturated heterocycles. The Labute approximate surface area is 138 Å². The maximum atomic E-state index is 11.1. The zero-order valence-electron chi connectivity index (χ0n) is 11.1. The smallest absolute Gasteiger partial charge is 0.312 e. The van der Waals surface area contributed by atoms with E-state index in [0.29, 0.717) is 16.8 Å². The zero-order chi connectivity index (χ0) is 15.4. The summed E-state index contributed by atoms with van der Waals surface area (Å²) in [6, 6.07) is 10.3. The van der Waals surface area contributed by atoms with Crippen molar-refractivity contribution in [2.45, 2.75) is 6.54 Å². The van der Waals surface area contributed by atoms with Gasteiger partial charge in [-0.1, -0.05) is 37.9 Å². The summed E-state index contributed by atoms with van der Waals surface area (Å²) in [5.74, 6) is 0.780. The molecule has 0 aliphatic carbocycles. The van der Waals surface area contributed by atoms with Gasteiger partial charge in [-0.2, -0.15) is 0 Å². The molecule has 0 amide bonds. The number of hydrogen-bond acceptors (Lipinski definition) is 4. The molecule has 1 N–H and O–H groups in total. The van der Waals surface area contributed by atoms with Crippen LogP contribution in [0.25, 0.3) is 0 Å². The van der Waals surface area contributed by atoms with Crippen molar-refractivity contribution in [1.82, 2.24) is 5.32 Å². The molecule has 2 aromatic rings. The van der Waals surface area contributed by atoms with Crippen LogP contribution in [0, 0.1) is 10.1 Å². The molecule has 0 saturated carbocycles. The summed E-state index contributed by atoms with van der Waals surface area (Å²) in [4.78, 5) is 10.7. The van der Waals surface area contributed by atoms with Gasteiger partial charge in [-0.25, -0.2) is 0 Å². The molecule has 0 atom stereocenters. The minimum Gasteiger partial charge on any atom is -0.450 e. The van der Waals surface area contributed by atoms with Gasteiger partial charge in [0.1, 0.15) is 5.75 Å². The molecule has 110 valence electrons.